The van der Waals surface area contributed by atoms with E-state index in [0.717, 1.165) is 11.3 Å². The number of hydrogen-bond acceptors (Lipinski definition) is 5. The summed E-state index contributed by atoms with van der Waals surface area (Å²) in [6, 6.07) is 20.4. The molecule has 0 atom stereocenters. The normalized spacial score (nSPS) is 13.4. The van der Waals surface area contributed by atoms with Gasteiger partial charge >= 0.3 is 0 Å². The Morgan fingerprint density at radius 3 is 2.16 bits per heavy atom. The number of carbonyl (C=O) groups excluding carboxylic acids is 2. The maximum atomic E-state index is 13.0. The molecule has 38 heavy (non-hydrogen) atoms. The first-order valence-electron chi connectivity index (χ1n) is 12.8. The van der Waals surface area contributed by atoms with E-state index in [1.54, 1.807) is 30.3 Å². The molecule has 0 aliphatic carbocycles. The summed E-state index contributed by atoms with van der Waals surface area (Å²) in [4.78, 5) is 29.5. The van der Waals surface area contributed by atoms with Crippen LogP contribution in [0.5, 0.6) is 11.5 Å². The molecule has 3 aromatic carbocycles. The van der Waals surface area contributed by atoms with Gasteiger partial charge in [0.05, 0.1) is 23.9 Å². The topological polar surface area (TPSA) is 71.1 Å². The maximum Gasteiger partial charge on any atom is 0.255 e. The second kappa shape index (κ2) is 13.0. The first kappa shape index (κ1) is 27.1. The third-order valence-corrected chi connectivity index (χ3v) is 6.42. The molecule has 2 amide bonds. The molecule has 7 nitrogen and oxygen atoms in total. The summed E-state index contributed by atoms with van der Waals surface area (Å²) < 4.78 is 11.2. The van der Waals surface area contributed by atoms with Crippen molar-refractivity contribution in [3.63, 3.8) is 0 Å². The standard InChI is InChI=1S/C30H32ClN3O4/c1-3-37-25-18-23(19-26(21-25)38-4-2)30(36)32-24-11-12-28(27(31)20-24)33-14-16-34(17-15-33)29(35)13-10-22-8-6-5-7-9-22/h5-13,18-21H,3-4,14-17H2,1-2H3,(H,32,36)/b13-10+. The van der Waals surface area contributed by atoms with Crippen LogP contribution in [0.15, 0.2) is 72.8 Å². The van der Waals surface area contributed by atoms with E-state index in [1.165, 1.54) is 0 Å². The van der Waals surface area contributed by atoms with Crippen molar-refractivity contribution in [1.82, 2.24) is 4.90 Å². The Balaban J connectivity index is 1.36. The van der Waals surface area contributed by atoms with Crippen molar-refractivity contribution in [3.05, 3.63) is 89.0 Å². The van der Waals surface area contributed by atoms with Crippen LogP contribution in [0.1, 0.15) is 29.8 Å². The molecule has 4 rings (SSSR count). The van der Waals surface area contributed by atoms with Crippen LogP contribution in [0.25, 0.3) is 6.08 Å². The van der Waals surface area contributed by atoms with Crippen molar-refractivity contribution in [2.24, 2.45) is 0 Å². The van der Waals surface area contributed by atoms with Crippen LogP contribution < -0.4 is 19.7 Å². The van der Waals surface area contributed by atoms with Crippen LogP contribution in [0.2, 0.25) is 5.02 Å². The monoisotopic (exact) mass is 533 g/mol. The summed E-state index contributed by atoms with van der Waals surface area (Å²) in [6.07, 6.45) is 3.46. The number of ether oxygens (including phenoxy) is 2. The summed E-state index contributed by atoms with van der Waals surface area (Å²) in [6.45, 7) is 7.29. The number of benzene rings is 3. The van der Waals surface area contributed by atoms with Gasteiger partial charge in [0.1, 0.15) is 11.5 Å². The number of rotatable bonds is 9. The van der Waals surface area contributed by atoms with E-state index in [0.29, 0.717) is 67.2 Å². The zero-order valence-electron chi connectivity index (χ0n) is 21.7. The summed E-state index contributed by atoms with van der Waals surface area (Å²) in [5, 5.41) is 3.44. The van der Waals surface area contributed by atoms with Crippen molar-refractivity contribution in [2.75, 3.05) is 49.6 Å². The molecule has 1 N–H and O–H groups in total. The Labute approximate surface area is 228 Å². The van der Waals surface area contributed by atoms with E-state index < -0.39 is 0 Å². The Hall–Kier alpha value is -3.97. The molecule has 0 unspecified atom stereocenters. The van der Waals surface area contributed by atoms with Gasteiger partial charge in [-0.2, -0.15) is 0 Å². The molecule has 1 saturated heterocycles. The quantitative estimate of drug-likeness (QED) is 0.354. The van der Waals surface area contributed by atoms with Gasteiger partial charge < -0.3 is 24.6 Å². The smallest absolute Gasteiger partial charge is 0.255 e. The lowest BCUT2D eigenvalue weighted by molar-refractivity contribution is -0.126. The Morgan fingerprint density at radius 1 is 0.895 bits per heavy atom. The number of piperazine rings is 1. The minimum absolute atomic E-state index is 0.00133. The fourth-order valence-electron chi connectivity index (χ4n) is 4.25. The first-order chi connectivity index (χ1) is 18.5. The van der Waals surface area contributed by atoms with Crippen molar-refractivity contribution < 1.29 is 19.1 Å². The first-order valence-corrected chi connectivity index (χ1v) is 13.1. The van der Waals surface area contributed by atoms with E-state index >= 15 is 0 Å². The number of halogens is 1. The molecule has 0 spiro atoms. The highest BCUT2D eigenvalue weighted by atomic mass is 35.5. The molecular weight excluding hydrogens is 502 g/mol. The lowest BCUT2D eigenvalue weighted by Gasteiger charge is -2.36. The van der Waals surface area contributed by atoms with Crippen LogP contribution in [0.4, 0.5) is 11.4 Å². The Kier molecular flexibility index (Phi) is 9.27. The zero-order valence-corrected chi connectivity index (χ0v) is 22.4. The maximum absolute atomic E-state index is 13.0. The molecule has 8 heteroatoms. The van der Waals surface area contributed by atoms with Gasteiger partial charge in [0, 0.05) is 49.6 Å². The van der Waals surface area contributed by atoms with E-state index in [-0.39, 0.29) is 11.8 Å². The molecule has 1 heterocycles. The number of hydrogen-bond donors (Lipinski definition) is 1. The van der Waals surface area contributed by atoms with Crippen LogP contribution in [0.3, 0.4) is 0 Å². The molecule has 0 aromatic heterocycles. The summed E-state index contributed by atoms with van der Waals surface area (Å²) in [5.74, 6) is 0.862. The summed E-state index contributed by atoms with van der Waals surface area (Å²) >= 11 is 6.62. The molecule has 1 fully saturated rings. The van der Waals surface area contributed by atoms with Gasteiger partial charge in [0.25, 0.3) is 5.91 Å². The average Bonchev–Trinajstić information content (AvgIpc) is 2.93. The van der Waals surface area contributed by atoms with E-state index in [4.69, 9.17) is 21.1 Å². The number of amides is 2. The highest BCUT2D eigenvalue weighted by Crippen LogP contribution is 2.30. The SMILES string of the molecule is CCOc1cc(OCC)cc(C(=O)Nc2ccc(N3CCN(C(=O)/C=C/c4ccccc4)CC3)c(Cl)c2)c1. The molecule has 198 valence electrons. The third-order valence-electron chi connectivity index (χ3n) is 6.12. The lowest BCUT2D eigenvalue weighted by atomic mass is 10.1. The van der Waals surface area contributed by atoms with Crippen LogP contribution in [-0.2, 0) is 4.79 Å². The molecule has 3 aromatic rings. The van der Waals surface area contributed by atoms with Crippen molar-refractivity contribution >= 4 is 40.9 Å². The van der Waals surface area contributed by atoms with E-state index in [2.05, 4.69) is 10.2 Å². The minimum atomic E-state index is -0.285. The highest BCUT2D eigenvalue weighted by Gasteiger charge is 2.21. The molecular formula is C30H32ClN3O4. The largest absolute Gasteiger partial charge is 0.494 e. The predicted octanol–water partition coefficient (Wildman–Crippen LogP) is 5.75. The Morgan fingerprint density at radius 2 is 1.55 bits per heavy atom. The number of anilines is 2. The molecule has 0 saturated carbocycles. The van der Waals surface area contributed by atoms with Gasteiger partial charge in [0.2, 0.25) is 5.91 Å². The molecule has 0 bridgehead atoms. The summed E-state index contributed by atoms with van der Waals surface area (Å²) in [5.41, 5.74) is 2.88. The lowest BCUT2D eigenvalue weighted by Crippen LogP contribution is -2.48. The second-order valence-electron chi connectivity index (χ2n) is 8.74. The van der Waals surface area contributed by atoms with Gasteiger partial charge in [-0.05, 0) is 55.8 Å². The fraction of sp³-hybridized carbons (Fsp3) is 0.267. The third kappa shape index (κ3) is 7.07. The minimum Gasteiger partial charge on any atom is -0.494 e. The fourth-order valence-corrected chi connectivity index (χ4v) is 4.55. The van der Waals surface area contributed by atoms with Crippen molar-refractivity contribution in [2.45, 2.75) is 13.8 Å². The second-order valence-corrected chi connectivity index (χ2v) is 9.14. The van der Waals surface area contributed by atoms with Gasteiger partial charge in [0.15, 0.2) is 0 Å². The van der Waals surface area contributed by atoms with Gasteiger partial charge in [-0.25, -0.2) is 0 Å². The van der Waals surface area contributed by atoms with E-state index in [1.807, 2.05) is 67.3 Å². The van der Waals surface area contributed by atoms with Crippen LogP contribution >= 0.6 is 11.6 Å². The van der Waals surface area contributed by atoms with Gasteiger partial charge in [-0.3, -0.25) is 9.59 Å². The van der Waals surface area contributed by atoms with Crippen molar-refractivity contribution in [3.8, 4) is 11.5 Å². The zero-order chi connectivity index (χ0) is 26.9. The van der Waals surface area contributed by atoms with Crippen LogP contribution in [-0.4, -0.2) is 56.1 Å². The average molecular weight is 534 g/mol. The number of carbonyl (C=O) groups is 2. The summed E-state index contributed by atoms with van der Waals surface area (Å²) in [7, 11) is 0. The molecule has 0 radical (unpaired) electrons. The van der Waals surface area contributed by atoms with E-state index in [9.17, 15) is 9.59 Å². The predicted molar refractivity (Wildman–Crippen MR) is 152 cm³/mol. The number of nitrogens with zero attached hydrogens (tertiary/aromatic N) is 2. The van der Waals surface area contributed by atoms with Crippen LogP contribution in [0, 0.1) is 0 Å². The molecule has 1 aliphatic rings. The van der Waals surface area contributed by atoms with Crippen molar-refractivity contribution in [1.29, 1.82) is 0 Å². The highest BCUT2D eigenvalue weighted by molar-refractivity contribution is 6.33. The number of nitrogens with one attached hydrogen (secondary N) is 1. The Bertz CT molecular complexity index is 1260. The molecule has 1 aliphatic heterocycles. The van der Waals surface area contributed by atoms with Gasteiger partial charge in [-0.1, -0.05) is 41.9 Å². The van der Waals surface area contributed by atoms with Gasteiger partial charge in [-0.15, -0.1) is 0 Å².